The van der Waals surface area contributed by atoms with E-state index in [9.17, 15) is 9.59 Å². The van der Waals surface area contributed by atoms with Gasteiger partial charge in [0.2, 0.25) is 5.91 Å². The topological polar surface area (TPSA) is 114 Å². The molecule has 1 aliphatic rings. The summed E-state index contributed by atoms with van der Waals surface area (Å²) in [4.78, 5) is 38.8. The number of thiazole rings is 1. The van der Waals surface area contributed by atoms with Crippen LogP contribution in [0.4, 0.5) is 5.69 Å². The van der Waals surface area contributed by atoms with E-state index in [0.29, 0.717) is 16.5 Å². The van der Waals surface area contributed by atoms with Crippen LogP contribution in [0.2, 0.25) is 0 Å². The number of hydrogen-bond donors (Lipinski definition) is 2. The Morgan fingerprint density at radius 2 is 1.84 bits per heavy atom. The molecule has 2 amide bonds. The van der Waals surface area contributed by atoms with E-state index < -0.39 is 0 Å². The first-order valence-electron chi connectivity index (χ1n) is 10.2. The molecule has 0 unspecified atom stereocenters. The fraction of sp³-hybridized carbons (Fsp3) is 0.318. The molecular weight excluding hydrogens is 412 g/mol. The second-order valence-electron chi connectivity index (χ2n) is 7.53. The van der Waals surface area contributed by atoms with Crippen molar-refractivity contribution in [1.82, 2.24) is 19.9 Å². The van der Waals surface area contributed by atoms with Crippen LogP contribution in [-0.2, 0) is 11.2 Å². The molecule has 0 saturated carbocycles. The number of piperidine rings is 1. The number of carbonyl (C=O) groups is 2. The molecule has 1 fully saturated rings. The largest absolute Gasteiger partial charge is 0.369 e. The van der Waals surface area contributed by atoms with Crippen LogP contribution in [0, 0.1) is 5.92 Å². The molecule has 3 N–H and O–H groups in total. The second kappa shape index (κ2) is 9.76. The van der Waals surface area contributed by atoms with Gasteiger partial charge in [-0.1, -0.05) is 12.1 Å². The van der Waals surface area contributed by atoms with Crippen LogP contribution in [0.3, 0.4) is 0 Å². The average molecular weight is 437 g/mol. The number of nitrogens with one attached hydrogen (secondary N) is 1. The Bertz CT molecular complexity index is 1030. The predicted octanol–water partition coefficient (Wildman–Crippen LogP) is 2.59. The summed E-state index contributed by atoms with van der Waals surface area (Å²) in [6.45, 7) is 2.76. The van der Waals surface area contributed by atoms with E-state index in [1.807, 2.05) is 24.3 Å². The maximum atomic E-state index is 12.5. The van der Waals surface area contributed by atoms with Gasteiger partial charge in [0.15, 0.2) is 10.8 Å². The number of nitrogens with two attached hydrogens (primary N) is 1. The minimum atomic E-state index is -0.261. The number of hydrogen-bond acceptors (Lipinski definition) is 7. The number of amides is 2. The third-order valence-corrected chi connectivity index (χ3v) is 6.25. The Kier molecular flexibility index (Phi) is 6.63. The molecule has 8 nitrogen and oxygen atoms in total. The van der Waals surface area contributed by atoms with Crippen LogP contribution in [-0.4, -0.2) is 51.3 Å². The van der Waals surface area contributed by atoms with Gasteiger partial charge in [0, 0.05) is 35.9 Å². The Labute approximate surface area is 184 Å². The first-order valence-corrected chi connectivity index (χ1v) is 11.1. The summed E-state index contributed by atoms with van der Waals surface area (Å²) >= 11 is 1.34. The molecule has 0 spiro atoms. The van der Waals surface area contributed by atoms with Crippen LogP contribution < -0.4 is 11.1 Å². The van der Waals surface area contributed by atoms with E-state index in [2.05, 4.69) is 25.2 Å². The highest BCUT2D eigenvalue weighted by molar-refractivity contribution is 7.13. The van der Waals surface area contributed by atoms with Gasteiger partial charge in [0.1, 0.15) is 5.69 Å². The second-order valence-corrected chi connectivity index (χ2v) is 8.39. The van der Waals surface area contributed by atoms with Crippen LogP contribution in [0.25, 0.3) is 10.8 Å². The monoisotopic (exact) mass is 436 g/mol. The molecular formula is C22H24N6O2S. The number of primary amides is 1. The first kappa shape index (κ1) is 21.1. The summed E-state index contributed by atoms with van der Waals surface area (Å²) < 4.78 is 0. The molecule has 3 aromatic rings. The van der Waals surface area contributed by atoms with Crippen molar-refractivity contribution in [3.05, 3.63) is 59.4 Å². The number of anilines is 1. The van der Waals surface area contributed by atoms with Crippen molar-refractivity contribution in [2.45, 2.75) is 19.3 Å². The van der Waals surface area contributed by atoms with E-state index in [4.69, 9.17) is 5.73 Å². The number of rotatable bonds is 7. The van der Waals surface area contributed by atoms with Crippen molar-refractivity contribution in [1.29, 1.82) is 0 Å². The van der Waals surface area contributed by atoms with Crippen molar-refractivity contribution < 1.29 is 9.59 Å². The Morgan fingerprint density at radius 1 is 1.13 bits per heavy atom. The van der Waals surface area contributed by atoms with E-state index in [-0.39, 0.29) is 17.7 Å². The van der Waals surface area contributed by atoms with Crippen LogP contribution >= 0.6 is 11.3 Å². The van der Waals surface area contributed by atoms with Crippen LogP contribution in [0.1, 0.15) is 28.9 Å². The number of nitrogens with zero attached hydrogens (tertiary/aromatic N) is 4. The summed E-state index contributed by atoms with van der Waals surface area (Å²) in [6.07, 6.45) is 5.90. The van der Waals surface area contributed by atoms with Gasteiger partial charge in [0.05, 0.1) is 0 Å². The minimum Gasteiger partial charge on any atom is -0.369 e. The number of likely N-dealkylation sites (tertiary alicyclic amines) is 1. The van der Waals surface area contributed by atoms with Gasteiger partial charge in [-0.25, -0.2) is 15.0 Å². The Hall–Kier alpha value is -3.17. The normalized spacial score (nSPS) is 15.0. The zero-order chi connectivity index (χ0) is 21.6. The Balaban J connectivity index is 1.27. The number of carbonyl (C=O) groups excluding carboxylic acids is 2. The van der Waals surface area contributed by atoms with Crippen molar-refractivity contribution in [3.63, 3.8) is 0 Å². The van der Waals surface area contributed by atoms with Crippen LogP contribution in [0.5, 0.6) is 0 Å². The van der Waals surface area contributed by atoms with Gasteiger partial charge in [-0.05, 0) is 56.1 Å². The fourth-order valence-corrected chi connectivity index (χ4v) is 4.31. The highest BCUT2D eigenvalue weighted by atomic mass is 32.1. The third-order valence-electron chi connectivity index (χ3n) is 5.41. The van der Waals surface area contributed by atoms with Crippen molar-refractivity contribution in [3.8, 4) is 10.8 Å². The molecule has 0 aliphatic carbocycles. The van der Waals surface area contributed by atoms with Gasteiger partial charge in [-0.15, -0.1) is 11.3 Å². The molecule has 160 valence electrons. The van der Waals surface area contributed by atoms with Gasteiger partial charge in [0.25, 0.3) is 5.91 Å². The molecule has 0 atom stereocenters. The minimum absolute atomic E-state index is 0.0214. The Morgan fingerprint density at radius 3 is 2.52 bits per heavy atom. The van der Waals surface area contributed by atoms with Crippen molar-refractivity contribution in [2.75, 3.05) is 25.0 Å². The molecule has 4 rings (SSSR count). The lowest BCUT2D eigenvalue weighted by atomic mass is 9.96. The molecule has 1 aliphatic heterocycles. The molecule has 31 heavy (non-hydrogen) atoms. The summed E-state index contributed by atoms with van der Waals surface area (Å²) in [6, 6.07) is 9.59. The SMILES string of the molecule is NC(=O)C1CCN(CCc2ccc(NC(=O)c3csc(-c4ncccn4)n3)cc2)CC1. The van der Waals surface area contributed by atoms with E-state index in [1.165, 1.54) is 16.9 Å². The summed E-state index contributed by atoms with van der Waals surface area (Å²) in [5.74, 6) is 0.0889. The van der Waals surface area contributed by atoms with Crippen LogP contribution in [0.15, 0.2) is 48.1 Å². The lowest BCUT2D eigenvalue weighted by molar-refractivity contribution is -0.123. The zero-order valence-corrected chi connectivity index (χ0v) is 17.8. The van der Waals surface area contributed by atoms with Gasteiger partial charge in [-0.2, -0.15) is 0 Å². The highest BCUT2D eigenvalue weighted by Crippen LogP contribution is 2.21. The lowest BCUT2D eigenvalue weighted by Crippen LogP contribution is -2.39. The molecule has 1 aromatic carbocycles. The summed E-state index contributed by atoms with van der Waals surface area (Å²) in [7, 11) is 0. The standard InChI is InChI=1S/C22H24N6O2S/c23-19(29)16-7-12-28(13-8-16)11-6-15-2-4-17(5-3-15)26-21(30)18-14-31-22(27-18)20-24-9-1-10-25-20/h1-5,9-10,14,16H,6-8,11-13H2,(H2,23,29)(H,26,30). The molecule has 9 heteroatoms. The molecule has 0 radical (unpaired) electrons. The maximum absolute atomic E-state index is 12.5. The quantitative estimate of drug-likeness (QED) is 0.588. The highest BCUT2D eigenvalue weighted by Gasteiger charge is 2.22. The van der Waals surface area contributed by atoms with Gasteiger partial charge >= 0.3 is 0 Å². The van der Waals surface area contributed by atoms with Crippen molar-refractivity contribution in [2.24, 2.45) is 11.7 Å². The van der Waals surface area contributed by atoms with Crippen molar-refractivity contribution >= 4 is 28.8 Å². The molecule has 2 aromatic heterocycles. The summed E-state index contributed by atoms with van der Waals surface area (Å²) in [5, 5.41) is 5.20. The van der Waals surface area contributed by atoms with Gasteiger partial charge in [-0.3, -0.25) is 9.59 Å². The average Bonchev–Trinajstić information content (AvgIpc) is 3.30. The number of benzene rings is 1. The molecule has 1 saturated heterocycles. The van der Waals surface area contributed by atoms with E-state index >= 15 is 0 Å². The number of aromatic nitrogens is 3. The third kappa shape index (κ3) is 5.50. The predicted molar refractivity (Wildman–Crippen MR) is 120 cm³/mol. The smallest absolute Gasteiger partial charge is 0.275 e. The molecule has 0 bridgehead atoms. The van der Waals surface area contributed by atoms with Gasteiger partial charge < -0.3 is 16.0 Å². The van der Waals surface area contributed by atoms with E-state index in [1.54, 1.807) is 23.8 Å². The lowest BCUT2D eigenvalue weighted by Gasteiger charge is -2.30. The zero-order valence-electron chi connectivity index (χ0n) is 17.0. The summed E-state index contributed by atoms with van der Waals surface area (Å²) in [5.41, 5.74) is 7.66. The van der Waals surface area contributed by atoms with E-state index in [0.717, 1.165) is 44.6 Å². The fourth-order valence-electron chi connectivity index (χ4n) is 3.57. The first-order chi connectivity index (χ1) is 15.1. The maximum Gasteiger partial charge on any atom is 0.275 e. The molecule has 3 heterocycles.